The third kappa shape index (κ3) is 2.43. The second-order valence-corrected chi connectivity index (χ2v) is 6.95. The van der Waals surface area contributed by atoms with Crippen LogP contribution in [0, 0.1) is 0 Å². The molecule has 3 nitrogen and oxygen atoms in total. The highest BCUT2D eigenvalue weighted by molar-refractivity contribution is 7.10. The van der Waals surface area contributed by atoms with Crippen molar-refractivity contribution in [1.82, 2.24) is 5.32 Å². The molecule has 21 heavy (non-hydrogen) atoms. The smallest absolute Gasteiger partial charge is 0.134 e. The number of rotatable bonds is 4. The molecule has 0 bridgehead atoms. The van der Waals surface area contributed by atoms with E-state index in [0.717, 1.165) is 18.1 Å². The summed E-state index contributed by atoms with van der Waals surface area (Å²) in [7, 11) is 3.70. The highest BCUT2D eigenvalue weighted by Gasteiger charge is 2.32. The molecule has 0 aliphatic carbocycles. The lowest BCUT2D eigenvalue weighted by atomic mass is 9.85. The molecule has 1 atom stereocenters. The predicted molar refractivity (Wildman–Crippen MR) is 86.7 cm³/mol. The molecule has 0 amide bonds. The molecule has 1 unspecified atom stereocenters. The normalized spacial score (nSPS) is 17.1. The molecule has 2 heterocycles. The van der Waals surface area contributed by atoms with Crippen LogP contribution in [0.5, 0.6) is 11.5 Å². The highest BCUT2D eigenvalue weighted by Crippen LogP contribution is 2.41. The van der Waals surface area contributed by atoms with Crippen LogP contribution in [0.1, 0.15) is 35.9 Å². The van der Waals surface area contributed by atoms with E-state index in [0.29, 0.717) is 0 Å². The summed E-state index contributed by atoms with van der Waals surface area (Å²) in [6.07, 6.45) is 0. The second kappa shape index (κ2) is 5.35. The van der Waals surface area contributed by atoms with E-state index >= 15 is 0 Å². The van der Waals surface area contributed by atoms with Crippen LogP contribution in [0.2, 0.25) is 0 Å². The minimum absolute atomic E-state index is 0.0726. The third-order valence-electron chi connectivity index (χ3n) is 4.08. The van der Waals surface area contributed by atoms with Gasteiger partial charge in [-0.15, -0.1) is 11.3 Å². The van der Waals surface area contributed by atoms with Crippen molar-refractivity contribution in [1.29, 1.82) is 0 Å². The topological polar surface area (TPSA) is 30.5 Å². The molecule has 1 aromatic carbocycles. The summed E-state index contributed by atoms with van der Waals surface area (Å²) < 4.78 is 11.2. The van der Waals surface area contributed by atoms with E-state index in [9.17, 15) is 0 Å². The molecule has 1 aliphatic rings. The van der Waals surface area contributed by atoms with Gasteiger partial charge in [0.05, 0.1) is 24.6 Å². The standard InChI is InChI=1S/C17H21NO2S/c1-17(2)10-20-13-6-5-11(9-12(13)17)15(18-3)16-14(19-4)7-8-21-16/h5-9,15,18H,10H2,1-4H3. The van der Waals surface area contributed by atoms with Gasteiger partial charge in [-0.05, 0) is 36.2 Å². The summed E-state index contributed by atoms with van der Waals surface area (Å²) in [6, 6.07) is 8.65. The zero-order chi connectivity index (χ0) is 15.0. The molecule has 0 saturated carbocycles. The number of hydrogen-bond acceptors (Lipinski definition) is 4. The lowest BCUT2D eigenvalue weighted by Gasteiger charge is -2.20. The average molecular weight is 303 g/mol. The first-order valence-electron chi connectivity index (χ1n) is 7.12. The SMILES string of the molecule is CNC(c1ccc2c(c1)C(C)(C)CO2)c1sccc1OC. The molecule has 4 heteroatoms. The maximum atomic E-state index is 5.78. The van der Waals surface area contributed by atoms with Crippen molar-refractivity contribution >= 4 is 11.3 Å². The van der Waals surface area contributed by atoms with Crippen molar-refractivity contribution in [2.45, 2.75) is 25.3 Å². The number of hydrogen-bond donors (Lipinski definition) is 1. The first-order valence-corrected chi connectivity index (χ1v) is 8.00. The van der Waals surface area contributed by atoms with Crippen LogP contribution in [0.4, 0.5) is 0 Å². The lowest BCUT2D eigenvalue weighted by Crippen LogP contribution is -2.20. The molecule has 112 valence electrons. The number of fused-ring (bicyclic) bond motifs is 1. The van der Waals surface area contributed by atoms with E-state index in [1.165, 1.54) is 16.0 Å². The van der Waals surface area contributed by atoms with Crippen LogP contribution in [-0.2, 0) is 5.41 Å². The van der Waals surface area contributed by atoms with Crippen LogP contribution < -0.4 is 14.8 Å². The number of benzene rings is 1. The van der Waals surface area contributed by atoms with Gasteiger partial charge in [-0.1, -0.05) is 19.9 Å². The van der Waals surface area contributed by atoms with Crippen molar-refractivity contribution in [2.75, 3.05) is 20.8 Å². The molecule has 1 aromatic heterocycles. The van der Waals surface area contributed by atoms with E-state index in [1.54, 1.807) is 18.4 Å². The Bertz CT molecular complexity index is 648. The maximum Gasteiger partial charge on any atom is 0.134 e. The van der Waals surface area contributed by atoms with Gasteiger partial charge in [0.2, 0.25) is 0 Å². The molecule has 2 aromatic rings. The predicted octanol–water partition coefficient (Wildman–Crippen LogP) is 3.74. The van der Waals surface area contributed by atoms with Gasteiger partial charge in [0.1, 0.15) is 11.5 Å². The summed E-state index contributed by atoms with van der Waals surface area (Å²) in [4.78, 5) is 1.21. The Balaban J connectivity index is 2.03. The lowest BCUT2D eigenvalue weighted by molar-refractivity contribution is 0.291. The molecule has 0 radical (unpaired) electrons. The molecule has 1 N–H and O–H groups in total. The monoisotopic (exact) mass is 303 g/mol. The van der Waals surface area contributed by atoms with E-state index in [-0.39, 0.29) is 11.5 Å². The van der Waals surface area contributed by atoms with Crippen LogP contribution in [-0.4, -0.2) is 20.8 Å². The van der Waals surface area contributed by atoms with Gasteiger partial charge in [-0.3, -0.25) is 0 Å². The van der Waals surface area contributed by atoms with Gasteiger partial charge >= 0.3 is 0 Å². The number of ether oxygens (including phenoxy) is 2. The van der Waals surface area contributed by atoms with Crippen LogP contribution in [0.15, 0.2) is 29.6 Å². The fraction of sp³-hybridized carbons (Fsp3) is 0.412. The molecule has 3 rings (SSSR count). The second-order valence-electron chi connectivity index (χ2n) is 6.00. The summed E-state index contributed by atoms with van der Waals surface area (Å²) in [5.74, 6) is 1.95. The first-order chi connectivity index (χ1) is 10.1. The van der Waals surface area contributed by atoms with Crippen molar-refractivity contribution in [3.8, 4) is 11.5 Å². The quantitative estimate of drug-likeness (QED) is 0.933. The minimum Gasteiger partial charge on any atom is -0.496 e. The third-order valence-corrected chi connectivity index (χ3v) is 5.05. The average Bonchev–Trinajstić information content (AvgIpc) is 3.05. The van der Waals surface area contributed by atoms with Crippen molar-refractivity contribution in [2.24, 2.45) is 0 Å². The number of thiophene rings is 1. The van der Waals surface area contributed by atoms with Gasteiger partial charge in [0.15, 0.2) is 0 Å². The first kappa shape index (κ1) is 14.4. The van der Waals surface area contributed by atoms with Gasteiger partial charge in [0.25, 0.3) is 0 Å². The summed E-state index contributed by atoms with van der Waals surface area (Å²) >= 11 is 1.72. The summed E-state index contributed by atoms with van der Waals surface area (Å²) in [6.45, 7) is 5.20. The van der Waals surface area contributed by atoms with E-state index in [1.807, 2.05) is 13.1 Å². The Kier molecular flexibility index (Phi) is 3.68. The molecule has 0 saturated heterocycles. The van der Waals surface area contributed by atoms with Crippen molar-refractivity contribution in [3.05, 3.63) is 45.6 Å². The van der Waals surface area contributed by atoms with Crippen LogP contribution in [0.25, 0.3) is 0 Å². The largest absolute Gasteiger partial charge is 0.496 e. The van der Waals surface area contributed by atoms with Gasteiger partial charge in [0, 0.05) is 11.0 Å². The Morgan fingerprint density at radius 2 is 2.14 bits per heavy atom. The van der Waals surface area contributed by atoms with Gasteiger partial charge < -0.3 is 14.8 Å². The molecule has 0 spiro atoms. The van der Waals surface area contributed by atoms with E-state index < -0.39 is 0 Å². The Hall–Kier alpha value is -1.52. The summed E-state index contributed by atoms with van der Waals surface area (Å²) in [5.41, 5.74) is 2.61. The maximum absolute atomic E-state index is 5.78. The van der Waals surface area contributed by atoms with Crippen LogP contribution in [0.3, 0.4) is 0 Å². The fourth-order valence-corrected chi connectivity index (χ4v) is 3.85. The zero-order valence-corrected chi connectivity index (χ0v) is 13.7. The summed E-state index contributed by atoms with van der Waals surface area (Å²) in [5, 5.41) is 5.47. The Morgan fingerprint density at radius 3 is 2.86 bits per heavy atom. The zero-order valence-electron chi connectivity index (χ0n) is 12.9. The van der Waals surface area contributed by atoms with Crippen LogP contribution >= 0.6 is 11.3 Å². The number of nitrogens with one attached hydrogen (secondary N) is 1. The van der Waals surface area contributed by atoms with Gasteiger partial charge in [-0.2, -0.15) is 0 Å². The number of methoxy groups -OCH3 is 1. The van der Waals surface area contributed by atoms with Gasteiger partial charge in [-0.25, -0.2) is 0 Å². The molecule has 0 fully saturated rings. The Labute approximate surface area is 129 Å². The Morgan fingerprint density at radius 1 is 1.33 bits per heavy atom. The van der Waals surface area contributed by atoms with E-state index in [2.05, 4.69) is 42.7 Å². The fourth-order valence-electron chi connectivity index (χ4n) is 2.86. The highest BCUT2D eigenvalue weighted by atomic mass is 32.1. The van der Waals surface area contributed by atoms with Crippen molar-refractivity contribution < 1.29 is 9.47 Å². The molecular weight excluding hydrogens is 282 g/mol. The molecular formula is C17H21NO2S. The molecule has 1 aliphatic heterocycles. The minimum atomic E-state index is 0.0726. The van der Waals surface area contributed by atoms with Crippen molar-refractivity contribution in [3.63, 3.8) is 0 Å². The van der Waals surface area contributed by atoms with E-state index in [4.69, 9.17) is 9.47 Å².